The van der Waals surface area contributed by atoms with Crippen molar-refractivity contribution in [1.82, 2.24) is 15.6 Å². The molecule has 27 heavy (non-hydrogen) atoms. The standard InChI is InChI=1S/C17H28N4O4S.HI/c1-6-24-13(22)9-8-10-19-17(18-5)21-12(4)15-20-11(3)14(26-15)16(23)25-7-2;/h12H,6-10H2,1-5H3,(H2,18,19,21);1H. The molecule has 1 aromatic rings. The highest BCUT2D eigenvalue weighted by atomic mass is 127. The van der Waals surface area contributed by atoms with Gasteiger partial charge in [0, 0.05) is 20.0 Å². The van der Waals surface area contributed by atoms with Crippen LogP contribution in [0.1, 0.15) is 60.0 Å². The number of nitrogens with zero attached hydrogens (tertiary/aromatic N) is 2. The fraction of sp³-hybridized carbons (Fsp3) is 0.647. The third-order valence-corrected chi connectivity index (χ3v) is 4.70. The van der Waals surface area contributed by atoms with E-state index >= 15 is 0 Å². The van der Waals surface area contributed by atoms with Gasteiger partial charge in [0.1, 0.15) is 9.88 Å². The van der Waals surface area contributed by atoms with Gasteiger partial charge in [-0.05, 0) is 34.1 Å². The van der Waals surface area contributed by atoms with Gasteiger partial charge in [0.05, 0.1) is 24.9 Å². The van der Waals surface area contributed by atoms with Gasteiger partial charge in [0.2, 0.25) is 0 Å². The topological polar surface area (TPSA) is 102 Å². The maximum Gasteiger partial charge on any atom is 0.350 e. The van der Waals surface area contributed by atoms with Gasteiger partial charge in [0.25, 0.3) is 0 Å². The molecule has 1 atom stereocenters. The molecule has 0 amide bonds. The fourth-order valence-electron chi connectivity index (χ4n) is 2.12. The van der Waals surface area contributed by atoms with Crippen LogP contribution in [0.15, 0.2) is 4.99 Å². The van der Waals surface area contributed by atoms with Gasteiger partial charge in [-0.25, -0.2) is 9.78 Å². The Hall–Kier alpha value is -1.43. The molecule has 0 aromatic carbocycles. The molecule has 0 bridgehead atoms. The van der Waals surface area contributed by atoms with Crippen molar-refractivity contribution in [2.75, 3.05) is 26.8 Å². The summed E-state index contributed by atoms with van der Waals surface area (Å²) in [4.78, 5) is 32.4. The number of nitrogens with one attached hydrogen (secondary N) is 2. The average molecular weight is 512 g/mol. The second-order valence-electron chi connectivity index (χ2n) is 5.46. The number of carbonyl (C=O) groups excluding carboxylic acids is 2. The van der Waals surface area contributed by atoms with E-state index in [1.54, 1.807) is 27.8 Å². The van der Waals surface area contributed by atoms with Crippen molar-refractivity contribution in [3.63, 3.8) is 0 Å². The number of guanidine groups is 1. The molecule has 0 saturated heterocycles. The number of hydrogen-bond donors (Lipinski definition) is 2. The molecular formula is C17H29IN4O4S. The molecule has 1 rings (SSSR count). The zero-order valence-corrected chi connectivity index (χ0v) is 19.6. The molecule has 0 saturated carbocycles. The molecule has 1 heterocycles. The van der Waals surface area contributed by atoms with Crippen LogP contribution in [0.3, 0.4) is 0 Å². The lowest BCUT2D eigenvalue weighted by atomic mass is 10.3. The van der Waals surface area contributed by atoms with Gasteiger partial charge in [-0.3, -0.25) is 9.79 Å². The Morgan fingerprint density at radius 2 is 1.93 bits per heavy atom. The fourth-order valence-corrected chi connectivity index (χ4v) is 3.09. The molecule has 1 aromatic heterocycles. The minimum atomic E-state index is -0.345. The number of hydrogen-bond acceptors (Lipinski definition) is 7. The number of aromatic nitrogens is 1. The van der Waals surface area contributed by atoms with Crippen molar-refractivity contribution in [3.05, 3.63) is 15.6 Å². The summed E-state index contributed by atoms with van der Waals surface area (Å²) in [6, 6.07) is -0.127. The van der Waals surface area contributed by atoms with E-state index in [0.717, 1.165) is 5.01 Å². The van der Waals surface area contributed by atoms with E-state index in [4.69, 9.17) is 9.47 Å². The largest absolute Gasteiger partial charge is 0.466 e. The van der Waals surface area contributed by atoms with E-state index in [0.29, 0.717) is 49.1 Å². The predicted octanol–water partition coefficient (Wildman–Crippen LogP) is 2.82. The first kappa shape index (κ1) is 25.6. The zero-order valence-electron chi connectivity index (χ0n) is 16.5. The zero-order chi connectivity index (χ0) is 19.5. The van der Waals surface area contributed by atoms with E-state index < -0.39 is 0 Å². The molecule has 10 heteroatoms. The second kappa shape index (κ2) is 13.7. The summed E-state index contributed by atoms with van der Waals surface area (Å²) in [5.74, 6) is 0.0599. The minimum Gasteiger partial charge on any atom is -0.466 e. The molecule has 0 aliphatic heterocycles. The Balaban J connectivity index is 0.00000676. The molecule has 0 radical (unpaired) electrons. The van der Waals surface area contributed by atoms with Crippen molar-refractivity contribution in [1.29, 1.82) is 0 Å². The normalized spacial score (nSPS) is 12.0. The Kier molecular flexibility index (Phi) is 13.0. The van der Waals surface area contributed by atoms with Gasteiger partial charge in [-0.1, -0.05) is 0 Å². The summed E-state index contributed by atoms with van der Waals surface area (Å²) in [6.07, 6.45) is 1.01. The third kappa shape index (κ3) is 8.87. The van der Waals surface area contributed by atoms with Gasteiger partial charge in [-0.15, -0.1) is 35.3 Å². The first-order valence-corrected chi connectivity index (χ1v) is 9.51. The maximum atomic E-state index is 11.9. The molecule has 0 spiro atoms. The third-order valence-electron chi connectivity index (χ3n) is 3.38. The molecule has 0 aliphatic carbocycles. The van der Waals surface area contributed by atoms with Gasteiger partial charge in [0.15, 0.2) is 5.96 Å². The van der Waals surface area contributed by atoms with Crippen molar-refractivity contribution in [2.24, 2.45) is 4.99 Å². The smallest absolute Gasteiger partial charge is 0.350 e. The highest BCUT2D eigenvalue weighted by molar-refractivity contribution is 14.0. The molecule has 0 aliphatic rings. The lowest BCUT2D eigenvalue weighted by Gasteiger charge is -2.16. The lowest BCUT2D eigenvalue weighted by molar-refractivity contribution is -0.143. The molecular weight excluding hydrogens is 483 g/mol. The quantitative estimate of drug-likeness (QED) is 0.173. The summed E-state index contributed by atoms with van der Waals surface area (Å²) in [5, 5.41) is 7.15. The van der Waals surface area contributed by atoms with Crippen molar-refractivity contribution >= 4 is 53.2 Å². The number of carbonyl (C=O) groups is 2. The van der Waals surface area contributed by atoms with E-state index in [1.165, 1.54) is 11.3 Å². The van der Waals surface area contributed by atoms with Crippen molar-refractivity contribution in [3.8, 4) is 0 Å². The predicted molar refractivity (Wildman–Crippen MR) is 117 cm³/mol. The highest BCUT2D eigenvalue weighted by Crippen LogP contribution is 2.24. The Morgan fingerprint density at radius 3 is 2.52 bits per heavy atom. The van der Waals surface area contributed by atoms with Crippen LogP contribution in [-0.4, -0.2) is 49.7 Å². The first-order valence-electron chi connectivity index (χ1n) is 8.70. The first-order chi connectivity index (χ1) is 12.4. The second-order valence-corrected chi connectivity index (χ2v) is 6.49. The van der Waals surface area contributed by atoms with E-state index in [1.807, 2.05) is 6.92 Å². The molecule has 1 unspecified atom stereocenters. The van der Waals surface area contributed by atoms with E-state index in [-0.39, 0.29) is 42.0 Å². The molecule has 2 N–H and O–H groups in total. The van der Waals surface area contributed by atoms with Crippen LogP contribution >= 0.6 is 35.3 Å². The molecule has 154 valence electrons. The number of aryl methyl sites for hydroxylation is 1. The Labute approximate surface area is 181 Å². The van der Waals surface area contributed by atoms with E-state index in [2.05, 4.69) is 20.6 Å². The van der Waals surface area contributed by atoms with Gasteiger partial charge in [-0.2, -0.15) is 0 Å². The van der Waals surface area contributed by atoms with E-state index in [9.17, 15) is 9.59 Å². The van der Waals surface area contributed by atoms with Crippen molar-refractivity contribution in [2.45, 2.75) is 46.6 Å². The Morgan fingerprint density at radius 1 is 1.26 bits per heavy atom. The summed E-state index contributed by atoms with van der Waals surface area (Å²) in [6.45, 7) is 8.62. The van der Waals surface area contributed by atoms with Crippen molar-refractivity contribution < 1.29 is 19.1 Å². The SMILES string of the molecule is CCOC(=O)CCCNC(=NC)NC(C)c1nc(C)c(C(=O)OCC)s1.I. The van der Waals surface area contributed by atoms with Crippen LogP contribution in [0.2, 0.25) is 0 Å². The monoisotopic (exact) mass is 512 g/mol. The lowest BCUT2D eigenvalue weighted by Crippen LogP contribution is -2.39. The minimum absolute atomic E-state index is 0. The van der Waals surface area contributed by atoms with Crippen LogP contribution < -0.4 is 10.6 Å². The number of rotatable bonds is 9. The van der Waals surface area contributed by atoms with Gasteiger partial charge >= 0.3 is 11.9 Å². The van der Waals surface area contributed by atoms with Gasteiger partial charge < -0.3 is 20.1 Å². The average Bonchev–Trinajstić information content (AvgIpc) is 3.00. The summed E-state index contributed by atoms with van der Waals surface area (Å²) >= 11 is 1.31. The maximum absolute atomic E-state index is 11.9. The Bertz CT molecular complexity index is 636. The number of esters is 2. The summed E-state index contributed by atoms with van der Waals surface area (Å²) < 4.78 is 9.93. The van der Waals surface area contributed by atoms with Crippen LogP contribution in [0.5, 0.6) is 0 Å². The van der Waals surface area contributed by atoms with Crippen LogP contribution in [0, 0.1) is 6.92 Å². The van der Waals surface area contributed by atoms with Crippen LogP contribution in [0.4, 0.5) is 0 Å². The summed E-state index contributed by atoms with van der Waals surface area (Å²) in [5.41, 5.74) is 0.662. The number of ether oxygens (including phenoxy) is 2. The van der Waals surface area contributed by atoms with Crippen LogP contribution in [0.25, 0.3) is 0 Å². The molecule has 8 nitrogen and oxygen atoms in total. The van der Waals surface area contributed by atoms with Crippen LogP contribution in [-0.2, 0) is 14.3 Å². The molecule has 0 fully saturated rings. The number of halogens is 1. The number of aliphatic imine (C=N–C) groups is 1. The number of thiazole rings is 1. The highest BCUT2D eigenvalue weighted by Gasteiger charge is 2.20. The summed E-state index contributed by atoms with van der Waals surface area (Å²) in [7, 11) is 1.67.